The van der Waals surface area contributed by atoms with E-state index in [1.54, 1.807) is 0 Å². The summed E-state index contributed by atoms with van der Waals surface area (Å²) >= 11 is 0. The van der Waals surface area contributed by atoms with E-state index < -0.39 is 0 Å². The van der Waals surface area contributed by atoms with Crippen molar-refractivity contribution in [3.63, 3.8) is 0 Å². The second-order valence-corrected chi connectivity index (χ2v) is 7.20. The first-order valence-electron chi connectivity index (χ1n) is 8.21. The number of hydrogen-bond acceptors (Lipinski definition) is 3. The fourth-order valence-corrected chi connectivity index (χ4v) is 4.31. The minimum absolute atomic E-state index is 0.424. The number of rotatable bonds is 3. The lowest BCUT2D eigenvalue weighted by molar-refractivity contribution is 0.0627. The van der Waals surface area contributed by atoms with Gasteiger partial charge in [0, 0.05) is 50.0 Å². The van der Waals surface area contributed by atoms with Gasteiger partial charge in [0.15, 0.2) is 0 Å². The highest BCUT2D eigenvalue weighted by Gasteiger charge is 2.45. The molecule has 0 bridgehead atoms. The van der Waals surface area contributed by atoms with Gasteiger partial charge in [-0.1, -0.05) is 12.8 Å². The van der Waals surface area contributed by atoms with Crippen molar-refractivity contribution in [2.24, 2.45) is 13.0 Å². The average molecular weight is 274 g/mol. The van der Waals surface area contributed by atoms with Crippen LogP contribution in [0.25, 0.3) is 0 Å². The monoisotopic (exact) mass is 274 g/mol. The third kappa shape index (κ3) is 2.40. The number of piperazine rings is 1. The van der Waals surface area contributed by atoms with Crippen LogP contribution in [0.1, 0.15) is 44.1 Å². The van der Waals surface area contributed by atoms with Crippen molar-refractivity contribution in [3.05, 3.63) is 18.0 Å². The highest BCUT2D eigenvalue weighted by molar-refractivity contribution is 5.09. The van der Waals surface area contributed by atoms with Gasteiger partial charge < -0.3 is 5.32 Å². The molecule has 3 fully saturated rings. The second kappa shape index (κ2) is 4.85. The van der Waals surface area contributed by atoms with Gasteiger partial charge in [-0.05, 0) is 31.6 Å². The molecule has 1 atom stereocenters. The molecule has 4 rings (SSSR count). The minimum atomic E-state index is 0.424. The zero-order chi connectivity index (χ0) is 13.6. The number of nitrogens with one attached hydrogen (secondary N) is 1. The average Bonchev–Trinajstić information content (AvgIpc) is 3.05. The summed E-state index contributed by atoms with van der Waals surface area (Å²) in [7, 11) is 2.01. The second-order valence-electron chi connectivity index (χ2n) is 7.20. The third-order valence-electron chi connectivity index (χ3n) is 5.53. The van der Waals surface area contributed by atoms with E-state index in [1.807, 2.05) is 17.9 Å². The summed E-state index contributed by atoms with van der Waals surface area (Å²) in [5.74, 6) is 0.943. The quantitative estimate of drug-likeness (QED) is 0.914. The fraction of sp³-hybridized carbons (Fsp3) is 0.812. The van der Waals surface area contributed by atoms with E-state index in [2.05, 4.69) is 21.5 Å². The molecule has 1 spiro atoms. The molecule has 4 nitrogen and oxygen atoms in total. The molecule has 1 aliphatic heterocycles. The minimum Gasteiger partial charge on any atom is -0.308 e. The fourth-order valence-electron chi connectivity index (χ4n) is 4.31. The van der Waals surface area contributed by atoms with Gasteiger partial charge in [-0.15, -0.1) is 0 Å². The zero-order valence-electron chi connectivity index (χ0n) is 12.5. The molecular formula is C16H26N4. The zero-order valence-corrected chi connectivity index (χ0v) is 12.5. The van der Waals surface area contributed by atoms with Crippen molar-refractivity contribution in [2.75, 3.05) is 13.1 Å². The molecule has 1 saturated heterocycles. The molecule has 2 saturated carbocycles. The predicted molar refractivity (Wildman–Crippen MR) is 79.3 cm³/mol. The van der Waals surface area contributed by atoms with Gasteiger partial charge in [0.1, 0.15) is 0 Å². The van der Waals surface area contributed by atoms with Gasteiger partial charge in [-0.25, -0.2) is 0 Å². The van der Waals surface area contributed by atoms with E-state index in [9.17, 15) is 0 Å². The summed E-state index contributed by atoms with van der Waals surface area (Å²) in [5, 5.41) is 8.26. The molecule has 3 aliphatic rings. The first kappa shape index (κ1) is 12.8. The van der Waals surface area contributed by atoms with Crippen LogP contribution in [0.4, 0.5) is 0 Å². The third-order valence-corrected chi connectivity index (χ3v) is 5.53. The molecule has 0 aromatic carbocycles. The normalized spacial score (nSPS) is 30.1. The van der Waals surface area contributed by atoms with E-state index in [4.69, 9.17) is 0 Å². The highest BCUT2D eigenvalue weighted by atomic mass is 15.3. The standard InChI is InChI=1S/C16H26N4/c1-19-10-13(8-18-19)11-20-12-16(6-2-3-7-16)17-9-15(20)14-4-5-14/h8,10,14-15,17H,2-7,9,11-12H2,1H3. The Hall–Kier alpha value is -0.870. The Bertz CT molecular complexity index is 471. The van der Waals surface area contributed by atoms with Crippen LogP contribution in [-0.4, -0.2) is 39.4 Å². The van der Waals surface area contributed by atoms with Crippen LogP contribution in [0.2, 0.25) is 0 Å². The van der Waals surface area contributed by atoms with E-state index in [0.717, 1.165) is 18.5 Å². The molecule has 1 aromatic heterocycles. The SMILES string of the molecule is Cn1cc(CN2CC3(CCCC3)NCC2C2CC2)cn1. The summed E-state index contributed by atoms with van der Waals surface area (Å²) in [4.78, 5) is 2.76. The van der Waals surface area contributed by atoms with Gasteiger partial charge in [0.25, 0.3) is 0 Å². The molecule has 1 unspecified atom stereocenters. The molecular weight excluding hydrogens is 248 g/mol. The number of hydrogen-bond donors (Lipinski definition) is 1. The van der Waals surface area contributed by atoms with Crippen molar-refractivity contribution in [1.29, 1.82) is 0 Å². The molecule has 20 heavy (non-hydrogen) atoms. The van der Waals surface area contributed by atoms with Gasteiger partial charge in [-0.3, -0.25) is 9.58 Å². The van der Waals surface area contributed by atoms with Crippen LogP contribution in [0, 0.1) is 5.92 Å². The Kier molecular flexibility index (Phi) is 3.11. The van der Waals surface area contributed by atoms with Crippen LogP contribution < -0.4 is 5.32 Å². The van der Waals surface area contributed by atoms with Crippen LogP contribution in [0.5, 0.6) is 0 Å². The van der Waals surface area contributed by atoms with Crippen LogP contribution in [-0.2, 0) is 13.6 Å². The molecule has 1 aromatic rings. The maximum atomic E-state index is 4.33. The van der Waals surface area contributed by atoms with Crippen molar-refractivity contribution in [1.82, 2.24) is 20.0 Å². The van der Waals surface area contributed by atoms with Crippen molar-refractivity contribution < 1.29 is 0 Å². The summed E-state index contributed by atoms with van der Waals surface area (Å²) in [6.45, 7) is 3.52. The van der Waals surface area contributed by atoms with Gasteiger partial charge in [0.05, 0.1) is 6.20 Å². The maximum Gasteiger partial charge on any atom is 0.0534 e. The van der Waals surface area contributed by atoms with E-state index in [0.29, 0.717) is 5.54 Å². The largest absolute Gasteiger partial charge is 0.308 e. The van der Waals surface area contributed by atoms with Gasteiger partial charge >= 0.3 is 0 Å². The smallest absolute Gasteiger partial charge is 0.0534 e. The van der Waals surface area contributed by atoms with Gasteiger partial charge in [-0.2, -0.15) is 5.10 Å². The van der Waals surface area contributed by atoms with Crippen molar-refractivity contribution in [3.8, 4) is 0 Å². The Labute approximate surface area is 121 Å². The number of aromatic nitrogens is 2. The van der Waals surface area contributed by atoms with E-state index >= 15 is 0 Å². The Morgan fingerprint density at radius 3 is 2.80 bits per heavy atom. The Morgan fingerprint density at radius 2 is 2.15 bits per heavy atom. The van der Waals surface area contributed by atoms with Crippen LogP contribution >= 0.6 is 0 Å². The summed E-state index contributed by atoms with van der Waals surface area (Å²) < 4.78 is 1.93. The van der Waals surface area contributed by atoms with Gasteiger partial charge in [0.2, 0.25) is 0 Å². The molecule has 110 valence electrons. The maximum absolute atomic E-state index is 4.33. The first-order chi connectivity index (χ1) is 9.74. The lowest BCUT2D eigenvalue weighted by atomic mass is 9.91. The molecule has 2 heterocycles. The molecule has 4 heteroatoms. The lowest BCUT2D eigenvalue weighted by Crippen LogP contribution is -2.63. The number of aryl methyl sites for hydroxylation is 1. The summed E-state index contributed by atoms with van der Waals surface area (Å²) in [6, 6.07) is 0.751. The van der Waals surface area contributed by atoms with Crippen LogP contribution in [0.15, 0.2) is 12.4 Å². The highest BCUT2D eigenvalue weighted by Crippen LogP contribution is 2.41. The van der Waals surface area contributed by atoms with Crippen molar-refractivity contribution in [2.45, 2.75) is 56.7 Å². The topological polar surface area (TPSA) is 33.1 Å². The lowest BCUT2D eigenvalue weighted by Gasteiger charge is -2.46. The molecule has 0 amide bonds. The molecule has 0 radical (unpaired) electrons. The Balaban J connectivity index is 1.51. The van der Waals surface area contributed by atoms with Crippen LogP contribution in [0.3, 0.4) is 0 Å². The first-order valence-corrected chi connectivity index (χ1v) is 8.21. The van der Waals surface area contributed by atoms with E-state index in [1.165, 1.54) is 57.2 Å². The molecule has 1 N–H and O–H groups in total. The predicted octanol–water partition coefficient (Wildman–Crippen LogP) is 1.92. The number of nitrogens with zero attached hydrogens (tertiary/aromatic N) is 3. The molecule has 2 aliphatic carbocycles. The summed E-state index contributed by atoms with van der Waals surface area (Å²) in [6.07, 6.45) is 12.6. The van der Waals surface area contributed by atoms with Crippen molar-refractivity contribution >= 4 is 0 Å². The van der Waals surface area contributed by atoms with E-state index in [-0.39, 0.29) is 0 Å². The Morgan fingerprint density at radius 1 is 1.35 bits per heavy atom. The summed E-state index contributed by atoms with van der Waals surface area (Å²) in [5.41, 5.74) is 1.79.